The van der Waals surface area contributed by atoms with E-state index < -0.39 is 17.7 Å². The van der Waals surface area contributed by atoms with Crippen molar-refractivity contribution in [2.24, 2.45) is 0 Å². The Kier molecular flexibility index (Phi) is 5.21. The second-order valence-corrected chi connectivity index (χ2v) is 9.38. The number of aromatic nitrogens is 2. The van der Waals surface area contributed by atoms with Crippen LogP contribution in [0.2, 0.25) is 0 Å². The van der Waals surface area contributed by atoms with Gasteiger partial charge in [-0.3, -0.25) is 14.5 Å². The summed E-state index contributed by atoms with van der Waals surface area (Å²) in [5.41, 5.74) is 0.840. The lowest BCUT2D eigenvalue weighted by Gasteiger charge is -2.45. The van der Waals surface area contributed by atoms with Crippen LogP contribution in [0.5, 0.6) is 11.5 Å². The fourth-order valence-corrected chi connectivity index (χ4v) is 4.65. The molecule has 2 aromatic heterocycles. The van der Waals surface area contributed by atoms with Crippen molar-refractivity contribution in [3.05, 3.63) is 63.2 Å². The molecular weight excluding hydrogens is 458 g/mol. The molecule has 1 aromatic carbocycles. The Morgan fingerprint density at radius 2 is 2.14 bits per heavy atom. The van der Waals surface area contributed by atoms with E-state index >= 15 is 4.39 Å². The molecule has 2 atom stereocenters. The van der Waals surface area contributed by atoms with Gasteiger partial charge in [-0.2, -0.15) is 4.39 Å². The Labute approximate surface area is 202 Å². The lowest BCUT2D eigenvalue weighted by molar-refractivity contribution is -0.0437. The van der Waals surface area contributed by atoms with Crippen LogP contribution < -0.4 is 20.3 Å². The van der Waals surface area contributed by atoms with Crippen molar-refractivity contribution in [1.29, 1.82) is 0 Å². The van der Waals surface area contributed by atoms with Crippen molar-refractivity contribution < 1.29 is 25.9 Å². The second kappa shape index (κ2) is 8.30. The summed E-state index contributed by atoms with van der Waals surface area (Å²) in [6.07, 6.45) is 2.08. The zero-order valence-corrected chi connectivity index (χ0v) is 19.1. The van der Waals surface area contributed by atoms with Crippen LogP contribution in [-0.4, -0.2) is 52.1 Å². The number of hydrogen-bond acceptors (Lipinski definition) is 6. The summed E-state index contributed by atoms with van der Waals surface area (Å²) in [5, 5.41) is 3.34. The van der Waals surface area contributed by atoms with Gasteiger partial charge in [0, 0.05) is 45.4 Å². The number of aromatic amines is 1. The molecule has 3 aromatic rings. The average molecular weight is 487 g/mol. The SMILES string of the molecule is C[C@@H]1[C@@H](Oc2ccc(C(=O)NC3CC3)nc2F)CN1Cc1ccc2c3c(c(=O)[nH]c2c1F)CCO3.[HH].[HH]. The Hall–Kier alpha value is -3.53. The molecule has 1 amide bonds. The highest BCUT2D eigenvalue weighted by atomic mass is 19.1. The van der Waals surface area contributed by atoms with Gasteiger partial charge in [0.05, 0.1) is 17.7 Å². The number of carbonyl (C=O) groups excluding carboxylic acids is 1. The molecule has 6 rings (SSSR count). The number of fused-ring (bicyclic) bond motifs is 3. The second-order valence-electron chi connectivity index (χ2n) is 9.38. The Morgan fingerprint density at radius 3 is 2.89 bits per heavy atom. The van der Waals surface area contributed by atoms with E-state index in [2.05, 4.69) is 15.3 Å². The molecule has 186 valence electrons. The number of pyridine rings is 2. The lowest BCUT2D eigenvalue weighted by atomic mass is 9.98. The van der Waals surface area contributed by atoms with E-state index in [1.165, 1.54) is 12.1 Å². The first kappa shape index (κ1) is 22.0. The van der Waals surface area contributed by atoms with Gasteiger partial charge in [0.25, 0.3) is 17.4 Å². The highest BCUT2D eigenvalue weighted by molar-refractivity contribution is 5.92. The van der Waals surface area contributed by atoms with Crippen molar-refractivity contribution in [3.63, 3.8) is 0 Å². The van der Waals surface area contributed by atoms with Crippen LogP contribution in [0, 0.1) is 11.8 Å². The molecule has 2 aliphatic heterocycles. The van der Waals surface area contributed by atoms with Crippen LogP contribution in [0.1, 0.15) is 44.2 Å². The molecule has 3 aliphatic rings. The number of nitrogens with zero attached hydrogens (tertiary/aromatic N) is 2. The molecule has 1 aliphatic carbocycles. The Balaban J connectivity index is 0.00000160. The average Bonchev–Trinajstić information content (AvgIpc) is 3.51. The van der Waals surface area contributed by atoms with Gasteiger partial charge in [0.2, 0.25) is 0 Å². The van der Waals surface area contributed by atoms with E-state index in [0.717, 1.165) is 12.8 Å². The van der Waals surface area contributed by atoms with Crippen LogP contribution in [0.25, 0.3) is 10.9 Å². The monoisotopic (exact) mass is 486 g/mol. The highest BCUT2D eigenvalue weighted by Gasteiger charge is 2.38. The van der Waals surface area contributed by atoms with Gasteiger partial charge >= 0.3 is 0 Å². The molecule has 0 spiro atoms. The van der Waals surface area contributed by atoms with E-state index in [1.54, 1.807) is 12.1 Å². The minimum absolute atomic E-state index is 0. The van der Waals surface area contributed by atoms with Crippen LogP contribution in [0.4, 0.5) is 8.78 Å². The first-order chi connectivity index (χ1) is 16.9. The van der Waals surface area contributed by atoms with Crippen molar-refractivity contribution >= 4 is 16.8 Å². The third-order valence-corrected chi connectivity index (χ3v) is 6.99. The summed E-state index contributed by atoms with van der Waals surface area (Å²) in [6, 6.07) is 6.39. The molecule has 2 N–H and O–H groups in total. The van der Waals surface area contributed by atoms with E-state index in [0.29, 0.717) is 48.4 Å². The molecule has 0 unspecified atom stereocenters. The summed E-state index contributed by atoms with van der Waals surface area (Å²) in [4.78, 5) is 32.8. The van der Waals surface area contributed by atoms with Gasteiger partial charge in [0.15, 0.2) is 11.6 Å². The number of amides is 1. The molecule has 35 heavy (non-hydrogen) atoms. The van der Waals surface area contributed by atoms with Gasteiger partial charge in [-0.25, -0.2) is 9.37 Å². The summed E-state index contributed by atoms with van der Waals surface area (Å²) in [6.45, 7) is 3.11. The van der Waals surface area contributed by atoms with Crippen molar-refractivity contribution in [2.45, 2.75) is 50.9 Å². The fourth-order valence-electron chi connectivity index (χ4n) is 4.65. The van der Waals surface area contributed by atoms with Crippen LogP contribution in [0.15, 0.2) is 29.1 Å². The summed E-state index contributed by atoms with van der Waals surface area (Å²) in [7, 11) is 0. The third-order valence-electron chi connectivity index (χ3n) is 6.99. The first-order valence-corrected chi connectivity index (χ1v) is 11.8. The number of rotatable bonds is 6. The minimum Gasteiger partial charge on any atom is -0.492 e. The smallest absolute Gasteiger partial charge is 0.270 e. The quantitative estimate of drug-likeness (QED) is 0.520. The van der Waals surface area contributed by atoms with E-state index in [1.807, 2.05) is 11.8 Å². The molecule has 10 heteroatoms. The molecule has 1 saturated carbocycles. The van der Waals surface area contributed by atoms with Crippen molar-refractivity contribution in [2.75, 3.05) is 13.2 Å². The van der Waals surface area contributed by atoms with E-state index in [-0.39, 0.29) is 43.6 Å². The maximum absolute atomic E-state index is 15.3. The summed E-state index contributed by atoms with van der Waals surface area (Å²) < 4.78 is 41.1. The number of carbonyl (C=O) groups is 1. The number of benzene rings is 1. The normalized spacial score (nSPS) is 21.3. The lowest BCUT2D eigenvalue weighted by Crippen LogP contribution is -2.60. The minimum atomic E-state index is -0.835. The van der Waals surface area contributed by atoms with Gasteiger partial charge in [-0.1, -0.05) is 6.07 Å². The molecule has 2 fully saturated rings. The van der Waals surface area contributed by atoms with Gasteiger partial charge in [-0.15, -0.1) is 0 Å². The number of ether oxygens (including phenoxy) is 2. The molecule has 0 radical (unpaired) electrons. The number of halogens is 2. The highest BCUT2D eigenvalue weighted by Crippen LogP contribution is 2.34. The summed E-state index contributed by atoms with van der Waals surface area (Å²) in [5.74, 6) is -1.26. The van der Waals surface area contributed by atoms with Gasteiger partial charge < -0.3 is 19.8 Å². The zero-order chi connectivity index (χ0) is 24.3. The third kappa shape index (κ3) is 3.91. The topological polar surface area (TPSA) is 96.5 Å². The molecule has 8 nitrogen and oxygen atoms in total. The van der Waals surface area contributed by atoms with E-state index in [9.17, 15) is 14.0 Å². The maximum Gasteiger partial charge on any atom is 0.270 e. The largest absolute Gasteiger partial charge is 0.492 e. The maximum atomic E-state index is 15.3. The molecule has 4 heterocycles. The number of likely N-dealkylation sites (tertiary alicyclic amines) is 1. The molecule has 1 saturated heterocycles. The number of H-pyrrole nitrogens is 1. The number of nitrogens with one attached hydrogen (secondary N) is 2. The standard InChI is InChI=1S/C25H24F2N4O4.2H2/c1-12-19(35-18-7-6-17(29-23(18)27)25(33)28-14-3-4-14)11-31(12)10-13-2-5-15-21(20(13)26)30-24(32)16-8-9-34-22(15)16;;/h2,5-7,12,14,19H,3-4,8-11H2,1H3,(H,28,33)(H,30,32);2*1H/t12-,19+;;/m1../s1. The van der Waals surface area contributed by atoms with Gasteiger partial charge in [-0.05, 0) is 38.0 Å². The number of hydrogen-bond donors (Lipinski definition) is 2. The predicted octanol–water partition coefficient (Wildman–Crippen LogP) is 3.17. The van der Waals surface area contributed by atoms with E-state index in [4.69, 9.17) is 9.47 Å². The molecule has 0 bridgehead atoms. The first-order valence-electron chi connectivity index (χ1n) is 11.8. The fraction of sp³-hybridized carbons (Fsp3) is 0.400. The van der Waals surface area contributed by atoms with Gasteiger partial charge in [0.1, 0.15) is 17.5 Å². The zero-order valence-electron chi connectivity index (χ0n) is 19.1. The Morgan fingerprint density at radius 1 is 1.31 bits per heavy atom. The van der Waals surface area contributed by atoms with Crippen LogP contribution in [0.3, 0.4) is 0 Å². The summed E-state index contributed by atoms with van der Waals surface area (Å²) >= 11 is 0. The predicted molar refractivity (Wildman–Crippen MR) is 127 cm³/mol. The molecular formula is C25H28F2N4O4. The van der Waals surface area contributed by atoms with Crippen molar-refractivity contribution in [1.82, 2.24) is 20.2 Å². The van der Waals surface area contributed by atoms with Crippen LogP contribution in [-0.2, 0) is 13.0 Å². The van der Waals surface area contributed by atoms with Crippen molar-refractivity contribution in [3.8, 4) is 11.5 Å². The Bertz CT molecular complexity index is 1420. The van der Waals surface area contributed by atoms with Crippen LogP contribution >= 0.6 is 0 Å².